The number of nitrogens with one attached hydrogen (secondary N) is 2. The maximum atomic E-state index is 12.2. The molecule has 6 rings (SSSR count). The Morgan fingerprint density at radius 1 is 1.00 bits per heavy atom. The molecule has 4 heterocycles. The summed E-state index contributed by atoms with van der Waals surface area (Å²) in [7, 11) is 3.75. The molecule has 9 heteroatoms. The molecule has 2 aromatic carbocycles. The molecule has 0 bridgehead atoms. The third-order valence-electron chi connectivity index (χ3n) is 7.58. The third-order valence-corrected chi connectivity index (χ3v) is 7.58. The van der Waals surface area contributed by atoms with Crippen LogP contribution in [0.5, 0.6) is 0 Å². The standard InChI is InChI=1S/C33H37N7O2/c1-4-40-21-29(32(37-40)25-9-11-26(12-10-25)35-31(41)22-38(2)3)27-13-14-34-33-28(27)19-30(36-33)24-7-5-23(6-8-24)20-39-15-17-42-18-16-39/h5-14,19,21H,4,15-18,20,22H2,1-3H3,(H,34,36)(H,35,41). The topological polar surface area (TPSA) is 91.3 Å². The van der Waals surface area contributed by atoms with Gasteiger partial charge in [0.1, 0.15) is 11.3 Å². The van der Waals surface area contributed by atoms with Crippen molar-refractivity contribution in [1.29, 1.82) is 0 Å². The minimum Gasteiger partial charge on any atom is -0.379 e. The molecule has 216 valence electrons. The highest BCUT2D eigenvalue weighted by molar-refractivity contribution is 5.99. The van der Waals surface area contributed by atoms with Gasteiger partial charge in [0, 0.05) is 66.5 Å². The number of anilines is 1. The highest BCUT2D eigenvalue weighted by Gasteiger charge is 2.18. The fourth-order valence-electron chi connectivity index (χ4n) is 5.42. The van der Waals surface area contributed by atoms with Crippen LogP contribution in [0.4, 0.5) is 5.69 Å². The van der Waals surface area contributed by atoms with Gasteiger partial charge in [0.05, 0.1) is 19.8 Å². The van der Waals surface area contributed by atoms with Gasteiger partial charge >= 0.3 is 0 Å². The molecule has 9 nitrogen and oxygen atoms in total. The summed E-state index contributed by atoms with van der Waals surface area (Å²) in [6.45, 7) is 7.69. The van der Waals surface area contributed by atoms with E-state index in [0.717, 1.165) is 89.8 Å². The van der Waals surface area contributed by atoms with Crippen molar-refractivity contribution in [2.24, 2.45) is 0 Å². The normalized spacial score (nSPS) is 14.1. The zero-order valence-corrected chi connectivity index (χ0v) is 24.4. The lowest BCUT2D eigenvalue weighted by molar-refractivity contribution is -0.116. The molecule has 0 radical (unpaired) electrons. The Morgan fingerprint density at radius 3 is 2.45 bits per heavy atom. The molecule has 1 fully saturated rings. The van der Waals surface area contributed by atoms with Crippen molar-refractivity contribution in [1.82, 2.24) is 29.5 Å². The van der Waals surface area contributed by atoms with Gasteiger partial charge in [-0.2, -0.15) is 5.10 Å². The number of hydrogen-bond acceptors (Lipinski definition) is 6. The number of carbonyl (C=O) groups is 1. The fraction of sp³-hybridized carbons (Fsp3) is 0.303. The Kier molecular flexibility index (Phi) is 8.14. The molecule has 2 N–H and O–H groups in total. The molecule has 1 aliphatic rings. The van der Waals surface area contributed by atoms with Crippen LogP contribution in [0.1, 0.15) is 12.5 Å². The first kappa shape index (κ1) is 27.8. The van der Waals surface area contributed by atoms with Gasteiger partial charge in [0.25, 0.3) is 0 Å². The molecular formula is C33H37N7O2. The predicted molar refractivity (Wildman–Crippen MR) is 167 cm³/mol. The van der Waals surface area contributed by atoms with Crippen LogP contribution in [0.15, 0.2) is 73.1 Å². The van der Waals surface area contributed by atoms with E-state index in [9.17, 15) is 4.79 Å². The van der Waals surface area contributed by atoms with Gasteiger partial charge in [-0.1, -0.05) is 36.4 Å². The number of morpholine rings is 1. The van der Waals surface area contributed by atoms with Crippen molar-refractivity contribution in [3.8, 4) is 33.6 Å². The van der Waals surface area contributed by atoms with E-state index in [-0.39, 0.29) is 5.91 Å². The molecule has 0 saturated carbocycles. The van der Waals surface area contributed by atoms with E-state index < -0.39 is 0 Å². The SMILES string of the molecule is CCn1cc(-c2ccnc3[nH]c(-c4ccc(CN5CCOCC5)cc4)cc23)c(-c2ccc(NC(=O)CN(C)C)cc2)n1. The first-order chi connectivity index (χ1) is 20.5. The van der Waals surface area contributed by atoms with Crippen LogP contribution in [-0.4, -0.2) is 82.4 Å². The van der Waals surface area contributed by atoms with E-state index in [2.05, 4.69) is 69.7 Å². The second-order valence-electron chi connectivity index (χ2n) is 11.0. The second-order valence-corrected chi connectivity index (χ2v) is 11.0. The van der Waals surface area contributed by atoms with Crippen molar-refractivity contribution in [2.45, 2.75) is 20.0 Å². The van der Waals surface area contributed by atoms with E-state index in [1.54, 1.807) is 0 Å². The lowest BCUT2D eigenvalue weighted by Gasteiger charge is -2.26. The lowest BCUT2D eigenvalue weighted by Crippen LogP contribution is -2.35. The summed E-state index contributed by atoms with van der Waals surface area (Å²) in [4.78, 5) is 24.7. The van der Waals surface area contributed by atoms with E-state index in [1.807, 2.05) is 54.1 Å². The summed E-state index contributed by atoms with van der Waals surface area (Å²) in [6, 6.07) is 20.9. The molecule has 5 aromatic rings. The number of likely N-dealkylation sites (N-methyl/N-ethyl adjacent to an activating group) is 1. The summed E-state index contributed by atoms with van der Waals surface area (Å²) in [5.41, 5.74) is 9.06. The van der Waals surface area contributed by atoms with E-state index >= 15 is 0 Å². The van der Waals surface area contributed by atoms with Crippen LogP contribution < -0.4 is 5.32 Å². The number of H-pyrrole nitrogens is 1. The van der Waals surface area contributed by atoms with E-state index in [1.165, 1.54) is 5.56 Å². The maximum Gasteiger partial charge on any atom is 0.238 e. The summed E-state index contributed by atoms with van der Waals surface area (Å²) >= 11 is 0. The number of aromatic amines is 1. The number of hydrogen-bond donors (Lipinski definition) is 2. The summed E-state index contributed by atoms with van der Waals surface area (Å²) < 4.78 is 7.44. The van der Waals surface area contributed by atoms with Gasteiger partial charge < -0.3 is 19.9 Å². The summed E-state index contributed by atoms with van der Waals surface area (Å²) in [6.07, 6.45) is 3.95. The maximum absolute atomic E-state index is 12.2. The van der Waals surface area contributed by atoms with Gasteiger partial charge in [0.2, 0.25) is 5.91 Å². The van der Waals surface area contributed by atoms with E-state index in [4.69, 9.17) is 9.84 Å². The fourth-order valence-corrected chi connectivity index (χ4v) is 5.42. The van der Waals surface area contributed by atoms with Crippen molar-refractivity contribution < 1.29 is 9.53 Å². The molecule has 0 unspecified atom stereocenters. The number of carbonyl (C=O) groups excluding carboxylic acids is 1. The van der Waals surface area contributed by atoms with Crippen LogP contribution >= 0.6 is 0 Å². The zero-order chi connectivity index (χ0) is 29.1. The summed E-state index contributed by atoms with van der Waals surface area (Å²) in [5.74, 6) is -0.0436. The number of pyridine rings is 1. The average Bonchev–Trinajstić information content (AvgIpc) is 3.63. The molecule has 1 saturated heterocycles. The number of aromatic nitrogens is 4. The van der Waals surface area contributed by atoms with Crippen molar-refractivity contribution in [3.63, 3.8) is 0 Å². The first-order valence-electron chi connectivity index (χ1n) is 14.5. The molecule has 1 amide bonds. The van der Waals surface area contributed by atoms with Gasteiger partial charge in [0.15, 0.2) is 0 Å². The molecule has 42 heavy (non-hydrogen) atoms. The Labute approximate surface area is 246 Å². The Bertz CT molecular complexity index is 1660. The predicted octanol–water partition coefficient (Wildman–Crippen LogP) is 5.11. The number of amides is 1. The lowest BCUT2D eigenvalue weighted by atomic mass is 10.00. The van der Waals surface area contributed by atoms with Crippen LogP contribution in [0.2, 0.25) is 0 Å². The van der Waals surface area contributed by atoms with Crippen LogP contribution in [-0.2, 0) is 22.6 Å². The molecule has 0 spiro atoms. The van der Waals surface area contributed by atoms with Gasteiger partial charge in [-0.3, -0.25) is 14.4 Å². The Morgan fingerprint density at radius 2 is 1.74 bits per heavy atom. The van der Waals surface area contributed by atoms with Crippen molar-refractivity contribution >= 4 is 22.6 Å². The third kappa shape index (κ3) is 6.13. The number of ether oxygens (including phenoxy) is 1. The molecule has 0 atom stereocenters. The van der Waals surface area contributed by atoms with Crippen LogP contribution in [0.3, 0.4) is 0 Å². The zero-order valence-electron chi connectivity index (χ0n) is 24.4. The largest absolute Gasteiger partial charge is 0.379 e. The van der Waals surface area contributed by atoms with Crippen molar-refractivity contribution in [2.75, 3.05) is 52.3 Å². The van der Waals surface area contributed by atoms with E-state index in [0.29, 0.717) is 6.54 Å². The molecule has 1 aliphatic heterocycles. The average molecular weight is 564 g/mol. The Balaban J connectivity index is 1.28. The summed E-state index contributed by atoms with van der Waals surface area (Å²) in [5, 5.41) is 8.92. The van der Waals surface area contributed by atoms with Crippen LogP contribution in [0, 0.1) is 0 Å². The van der Waals surface area contributed by atoms with Gasteiger partial charge in [-0.25, -0.2) is 4.98 Å². The van der Waals surface area contributed by atoms with Crippen LogP contribution in [0.25, 0.3) is 44.7 Å². The minimum atomic E-state index is -0.0436. The number of fused-ring (bicyclic) bond motifs is 1. The number of benzene rings is 2. The number of nitrogens with zero attached hydrogens (tertiary/aromatic N) is 5. The molecule has 0 aliphatic carbocycles. The quantitative estimate of drug-likeness (QED) is 0.259. The first-order valence-corrected chi connectivity index (χ1v) is 14.5. The smallest absolute Gasteiger partial charge is 0.238 e. The number of aryl methyl sites for hydroxylation is 1. The second kappa shape index (κ2) is 12.3. The minimum absolute atomic E-state index is 0.0436. The Hall–Kier alpha value is -4.31. The van der Waals surface area contributed by atoms with Gasteiger partial charge in [-0.05, 0) is 62.0 Å². The monoisotopic (exact) mass is 563 g/mol. The molecular weight excluding hydrogens is 526 g/mol. The molecule has 3 aromatic heterocycles. The highest BCUT2D eigenvalue weighted by atomic mass is 16.5. The van der Waals surface area contributed by atoms with Gasteiger partial charge in [-0.15, -0.1) is 0 Å². The number of rotatable bonds is 9. The van der Waals surface area contributed by atoms with Crippen molar-refractivity contribution in [3.05, 3.63) is 78.6 Å². The highest BCUT2D eigenvalue weighted by Crippen LogP contribution is 2.37.